The highest BCUT2D eigenvalue weighted by molar-refractivity contribution is 5.75. The second-order valence-corrected chi connectivity index (χ2v) is 6.05. The first-order valence-corrected chi connectivity index (χ1v) is 6.89. The first-order chi connectivity index (χ1) is 8.74. The summed E-state index contributed by atoms with van der Waals surface area (Å²) in [7, 11) is 0. The number of ether oxygens (including phenoxy) is 2. The summed E-state index contributed by atoms with van der Waals surface area (Å²) in [5.41, 5.74) is -0.514. The Bertz CT molecular complexity index is 335. The number of likely N-dealkylation sites (tertiary alicyclic amines) is 1. The van der Waals surface area contributed by atoms with Gasteiger partial charge < -0.3 is 14.4 Å². The van der Waals surface area contributed by atoms with Gasteiger partial charge in [-0.05, 0) is 40.0 Å². The highest BCUT2D eigenvalue weighted by atomic mass is 16.6. The summed E-state index contributed by atoms with van der Waals surface area (Å²) < 4.78 is 10.4. The van der Waals surface area contributed by atoms with E-state index in [4.69, 9.17) is 9.47 Å². The molecular weight excluding hydrogens is 246 g/mol. The maximum absolute atomic E-state index is 12.0. The van der Waals surface area contributed by atoms with Crippen molar-refractivity contribution in [3.8, 4) is 0 Å². The number of carbonyl (C=O) groups is 2. The Labute approximate surface area is 115 Å². The molecule has 1 saturated heterocycles. The summed E-state index contributed by atoms with van der Waals surface area (Å²) in [6.07, 6.45) is 0.441. The fourth-order valence-electron chi connectivity index (χ4n) is 2.12. The van der Waals surface area contributed by atoms with Gasteiger partial charge in [-0.3, -0.25) is 4.79 Å². The second kappa shape index (κ2) is 6.26. The van der Waals surface area contributed by atoms with E-state index in [2.05, 4.69) is 0 Å². The lowest BCUT2D eigenvalue weighted by molar-refractivity contribution is -0.151. The SMILES string of the molecule is CCOC(=O)[C@@H]1CN(C(=O)OC(C)(C)C)CC[C@H]1C. The molecule has 5 nitrogen and oxygen atoms in total. The summed E-state index contributed by atoms with van der Waals surface area (Å²) in [6.45, 7) is 10.7. The maximum Gasteiger partial charge on any atom is 0.410 e. The molecule has 0 aromatic carbocycles. The Morgan fingerprint density at radius 2 is 1.95 bits per heavy atom. The maximum atomic E-state index is 12.0. The normalized spacial score (nSPS) is 23.9. The van der Waals surface area contributed by atoms with Crippen LogP contribution in [0.1, 0.15) is 41.0 Å². The molecule has 2 atom stereocenters. The molecule has 1 aliphatic heterocycles. The zero-order valence-electron chi connectivity index (χ0n) is 12.6. The average molecular weight is 271 g/mol. The van der Waals surface area contributed by atoms with Gasteiger partial charge in [0.05, 0.1) is 12.5 Å². The molecule has 110 valence electrons. The minimum Gasteiger partial charge on any atom is -0.466 e. The highest BCUT2D eigenvalue weighted by Crippen LogP contribution is 2.25. The van der Waals surface area contributed by atoms with E-state index in [-0.39, 0.29) is 23.9 Å². The molecule has 5 heteroatoms. The van der Waals surface area contributed by atoms with Gasteiger partial charge in [0.15, 0.2) is 0 Å². The van der Waals surface area contributed by atoms with Crippen LogP contribution in [0, 0.1) is 11.8 Å². The summed E-state index contributed by atoms with van der Waals surface area (Å²) in [6, 6.07) is 0. The first kappa shape index (κ1) is 15.8. The molecule has 0 bridgehead atoms. The lowest BCUT2D eigenvalue weighted by atomic mass is 9.87. The second-order valence-electron chi connectivity index (χ2n) is 6.05. The van der Waals surface area contributed by atoms with E-state index in [0.717, 1.165) is 6.42 Å². The molecule has 1 aliphatic rings. The summed E-state index contributed by atoms with van der Waals surface area (Å²) in [5, 5.41) is 0. The molecule has 1 rings (SSSR count). The topological polar surface area (TPSA) is 55.8 Å². The van der Waals surface area contributed by atoms with Crippen LogP contribution in [-0.2, 0) is 14.3 Å². The van der Waals surface area contributed by atoms with Gasteiger partial charge in [0, 0.05) is 13.1 Å². The van der Waals surface area contributed by atoms with E-state index in [1.54, 1.807) is 11.8 Å². The Hall–Kier alpha value is -1.26. The molecule has 0 saturated carbocycles. The lowest BCUT2D eigenvalue weighted by Gasteiger charge is -2.36. The van der Waals surface area contributed by atoms with Gasteiger partial charge in [-0.2, -0.15) is 0 Å². The minimum atomic E-state index is -0.514. The van der Waals surface area contributed by atoms with E-state index in [1.165, 1.54) is 0 Å². The molecule has 0 aromatic rings. The smallest absolute Gasteiger partial charge is 0.410 e. The van der Waals surface area contributed by atoms with E-state index in [9.17, 15) is 9.59 Å². The van der Waals surface area contributed by atoms with Crippen molar-refractivity contribution in [3.63, 3.8) is 0 Å². The van der Waals surface area contributed by atoms with Crippen LogP contribution in [0.15, 0.2) is 0 Å². The number of nitrogens with zero attached hydrogens (tertiary/aromatic N) is 1. The molecule has 19 heavy (non-hydrogen) atoms. The standard InChI is InChI=1S/C14H25NO4/c1-6-18-12(16)11-9-15(8-7-10(11)2)13(17)19-14(3,4)5/h10-11H,6-9H2,1-5H3/t10-,11-/m1/s1. The van der Waals surface area contributed by atoms with Crippen LogP contribution >= 0.6 is 0 Å². The molecule has 0 aliphatic carbocycles. The number of hydrogen-bond donors (Lipinski definition) is 0. The Kier molecular flexibility index (Phi) is 5.20. The van der Waals surface area contributed by atoms with Crippen LogP contribution in [0.4, 0.5) is 4.79 Å². The van der Waals surface area contributed by atoms with Gasteiger partial charge in [0.2, 0.25) is 0 Å². The molecule has 0 radical (unpaired) electrons. The van der Waals surface area contributed by atoms with Crippen LogP contribution < -0.4 is 0 Å². The number of piperidine rings is 1. The van der Waals surface area contributed by atoms with Crippen LogP contribution in [0.25, 0.3) is 0 Å². The number of amides is 1. The Balaban J connectivity index is 2.63. The summed E-state index contributed by atoms with van der Waals surface area (Å²) >= 11 is 0. The van der Waals surface area contributed by atoms with Crippen LogP contribution in [0.2, 0.25) is 0 Å². The molecular formula is C14H25NO4. The fraction of sp³-hybridized carbons (Fsp3) is 0.857. The monoisotopic (exact) mass is 271 g/mol. The average Bonchev–Trinajstić information content (AvgIpc) is 2.27. The summed E-state index contributed by atoms with van der Waals surface area (Å²) in [4.78, 5) is 25.5. The minimum absolute atomic E-state index is 0.219. The van der Waals surface area contributed by atoms with Crippen molar-refractivity contribution in [3.05, 3.63) is 0 Å². The van der Waals surface area contributed by atoms with Crippen molar-refractivity contribution in [2.24, 2.45) is 11.8 Å². The van der Waals surface area contributed by atoms with Crippen molar-refractivity contribution in [1.82, 2.24) is 4.90 Å². The van der Waals surface area contributed by atoms with Crippen LogP contribution in [0.3, 0.4) is 0 Å². The molecule has 0 spiro atoms. The highest BCUT2D eigenvalue weighted by Gasteiger charge is 2.36. The van der Waals surface area contributed by atoms with Crippen molar-refractivity contribution < 1.29 is 19.1 Å². The van der Waals surface area contributed by atoms with Gasteiger partial charge in [-0.15, -0.1) is 0 Å². The van der Waals surface area contributed by atoms with Crippen molar-refractivity contribution >= 4 is 12.1 Å². The third-order valence-corrected chi connectivity index (χ3v) is 3.20. The Morgan fingerprint density at radius 1 is 1.32 bits per heavy atom. The number of hydrogen-bond acceptors (Lipinski definition) is 4. The summed E-state index contributed by atoms with van der Waals surface area (Å²) in [5.74, 6) is -0.234. The van der Waals surface area contributed by atoms with E-state index >= 15 is 0 Å². The zero-order valence-corrected chi connectivity index (χ0v) is 12.6. The van der Waals surface area contributed by atoms with Crippen LogP contribution in [0.5, 0.6) is 0 Å². The van der Waals surface area contributed by atoms with Gasteiger partial charge >= 0.3 is 12.1 Å². The number of rotatable bonds is 2. The van der Waals surface area contributed by atoms with Crippen molar-refractivity contribution in [2.75, 3.05) is 19.7 Å². The molecule has 1 fully saturated rings. The number of esters is 1. The van der Waals surface area contributed by atoms with Gasteiger partial charge in [-0.25, -0.2) is 4.79 Å². The van der Waals surface area contributed by atoms with E-state index in [0.29, 0.717) is 19.7 Å². The van der Waals surface area contributed by atoms with Gasteiger partial charge in [0.25, 0.3) is 0 Å². The molecule has 0 N–H and O–H groups in total. The first-order valence-electron chi connectivity index (χ1n) is 6.89. The largest absolute Gasteiger partial charge is 0.466 e. The predicted molar refractivity (Wildman–Crippen MR) is 71.7 cm³/mol. The van der Waals surface area contributed by atoms with Gasteiger partial charge in [0.1, 0.15) is 5.60 Å². The third-order valence-electron chi connectivity index (χ3n) is 3.20. The third kappa shape index (κ3) is 4.73. The Morgan fingerprint density at radius 3 is 2.47 bits per heavy atom. The molecule has 1 amide bonds. The van der Waals surface area contributed by atoms with Gasteiger partial charge in [-0.1, -0.05) is 6.92 Å². The lowest BCUT2D eigenvalue weighted by Crippen LogP contribution is -2.47. The quantitative estimate of drug-likeness (QED) is 0.724. The zero-order chi connectivity index (χ0) is 14.6. The van der Waals surface area contributed by atoms with Crippen LogP contribution in [-0.4, -0.2) is 42.3 Å². The predicted octanol–water partition coefficient (Wildman–Crippen LogP) is 2.44. The van der Waals surface area contributed by atoms with E-state index < -0.39 is 5.60 Å². The fourth-order valence-corrected chi connectivity index (χ4v) is 2.12. The molecule has 0 unspecified atom stereocenters. The molecule has 1 heterocycles. The van der Waals surface area contributed by atoms with Crippen molar-refractivity contribution in [1.29, 1.82) is 0 Å². The molecule has 0 aromatic heterocycles. The number of carbonyl (C=O) groups excluding carboxylic acids is 2. The van der Waals surface area contributed by atoms with Crippen molar-refractivity contribution in [2.45, 2.75) is 46.6 Å². The van der Waals surface area contributed by atoms with E-state index in [1.807, 2.05) is 27.7 Å².